The van der Waals surface area contributed by atoms with Crippen LogP contribution in [-0.4, -0.2) is 52.5 Å². The zero-order chi connectivity index (χ0) is 19.3. The molecule has 3 aromatic rings. The first kappa shape index (κ1) is 18.5. The third-order valence-corrected chi connectivity index (χ3v) is 4.57. The maximum absolute atomic E-state index is 5.51. The lowest BCUT2D eigenvalue weighted by molar-refractivity contribution is 0.177. The average Bonchev–Trinajstić information content (AvgIpc) is 3.41. The van der Waals surface area contributed by atoms with Gasteiger partial charge in [0.25, 0.3) is 0 Å². The fraction of sp³-hybridized carbons (Fsp3) is 0.421. The highest BCUT2D eigenvalue weighted by Crippen LogP contribution is 2.26. The Hall–Kier alpha value is -2.91. The summed E-state index contributed by atoms with van der Waals surface area (Å²) < 4.78 is 16.1. The first-order chi connectivity index (χ1) is 13.7. The molecule has 9 nitrogen and oxygen atoms in total. The second kappa shape index (κ2) is 8.41. The fourth-order valence-corrected chi connectivity index (χ4v) is 3.09. The molecule has 1 atom stereocenters. The van der Waals surface area contributed by atoms with Crippen molar-refractivity contribution >= 4 is 5.82 Å². The van der Waals surface area contributed by atoms with Crippen molar-refractivity contribution < 1.29 is 14.0 Å². The van der Waals surface area contributed by atoms with E-state index in [1.54, 1.807) is 19.5 Å². The Morgan fingerprint density at radius 2 is 2.07 bits per heavy atom. The topological polar surface area (TPSA) is 99.3 Å². The van der Waals surface area contributed by atoms with Crippen LogP contribution in [0.5, 0.6) is 0 Å². The lowest BCUT2D eigenvalue weighted by Crippen LogP contribution is -2.20. The smallest absolute Gasteiger partial charge is 0.246 e. The molecule has 0 bridgehead atoms. The van der Waals surface area contributed by atoms with Crippen molar-refractivity contribution in [2.45, 2.75) is 25.5 Å². The Morgan fingerprint density at radius 3 is 2.82 bits per heavy atom. The van der Waals surface area contributed by atoms with E-state index in [1.165, 1.54) is 0 Å². The van der Waals surface area contributed by atoms with Gasteiger partial charge in [-0.2, -0.15) is 4.98 Å². The van der Waals surface area contributed by atoms with Crippen LogP contribution in [-0.2, 0) is 22.6 Å². The van der Waals surface area contributed by atoms with E-state index in [1.807, 2.05) is 30.1 Å². The Kier molecular flexibility index (Phi) is 5.54. The summed E-state index contributed by atoms with van der Waals surface area (Å²) in [4.78, 5) is 19.7. The Bertz CT molecular complexity index is 911. The van der Waals surface area contributed by atoms with Gasteiger partial charge in [-0.15, -0.1) is 0 Å². The number of ether oxygens (including phenoxy) is 2. The molecule has 0 N–H and O–H groups in total. The number of nitrogens with zero attached hydrogens (tertiary/aromatic N) is 6. The molecule has 0 radical (unpaired) electrons. The fourth-order valence-electron chi connectivity index (χ4n) is 3.09. The molecule has 0 amide bonds. The van der Waals surface area contributed by atoms with Gasteiger partial charge in [-0.3, -0.25) is 4.98 Å². The van der Waals surface area contributed by atoms with Crippen LogP contribution in [0.25, 0.3) is 11.4 Å². The summed E-state index contributed by atoms with van der Waals surface area (Å²) in [5.41, 5.74) is 1.84. The summed E-state index contributed by atoms with van der Waals surface area (Å²) in [6.07, 6.45) is 4.36. The molecule has 0 aromatic carbocycles. The van der Waals surface area contributed by atoms with Crippen LogP contribution in [0.1, 0.15) is 29.7 Å². The molecule has 0 aliphatic carbocycles. The monoisotopic (exact) mass is 382 g/mol. The summed E-state index contributed by atoms with van der Waals surface area (Å²) >= 11 is 0. The highest BCUT2D eigenvalue weighted by atomic mass is 16.5. The predicted octanol–water partition coefficient (Wildman–Crippen LogP) is 2.21. The van der Waals surface area contributed by atoms with Crippen LogP contribution in [0.4, 0.5) is 5.82 Å². The van der Waals surface area contributed by atoms with Crippen LogP contribution in [0, 0.1) is 0 Å². The van der Waals surface area contributed by atoms with Gasteiger partial charge in [0.15, 0.2) is 5.82 Å². The molecule has 3 aromatic heterocycles. The summed E-state index contributed by atoms with van der Waals surface area (Å²) in [7, 11) is 3.57. The zero-order valence-corrected chi connectivity index (χ0v) is 15.9. The van der Waals surface area contributed by atoms with Gasteiger partial charge in [-0.1, -0.05) is 5.16 Å². The van der Waals surface area contributed by atoms with Crippen molar-refractivity contribution in [2.24, 2.45) is 0 Å². The van der Waals surface area contributed by atoms with Crippen molar-refractivity contribution in [1.82, 2.24) is 25.1 Å². The van der Waals surface area contributed by atoms with E-state index in [0.717, 1.165) is 30.1 Å². The summed E-state index contributed by atoms with van der Waals surface area (Å²) in [5, 5.41) is 4.05. The van der Waals surface area contributed by atoms with E-state index >= 15 is 0 Å². The Labute approximate surface area is 162 Å². The SMILES string of the molecule is COCc1nc(C2CCOC2)cc(N(C)Cc2nc(-c3ccncc3)no2)n1. The van der Waals surface area contributed by atoms with Crippen LogP contribution >= 0.6 is 0 Å². The van der Waals surface area contributed by atoms with Crippen molar-refractivity contribution in [1.29, 1.82) is 0 Å². The van der Waals surface area contributed by atoms with E-state index < -0.39 is 0 Å². The van der Waals surface area contributed by atoms with E-state index in [2.05, 4.69) is 25.1 Å². The maximum Gasteiger partial charge on any atom is 0.246 e. The zero-order valence-electron chi connectivity index (χ0n) is 15.9. The summed E-state index contributed by atoms with van der Waals surface area (Å²) in [5.74, 6) is 2.76. The minimum absolute atomic E-state index is 0.285. The van der Waals surface area contributed by atoms with Gasteiger partial charge in [0.05, 0.1) is 18.8 Å². The van der Waals surface area contributed by atoms with Gasteiger partial charge < -0.3 is 18.9 Å². The Morgan fingerprint density at radius 1 is 1.21 bits per heavy atom. The molecule has 9 heteroatoms. The lowest BCUT2D eigenvalue weighted by atomic mass is 10.0. The van der Waals surface area contributed by atoms with Gasteiger partial charge in [0.2, 0.25) is 11.7 Å². The van der Waals surface area contributed by atoms with Crippen molar-refractivity contribution in [2.75, 3.05) is 32.3 Å². The van der Waals surface area contributed by atoms with Crippen LogP contribution in [0.15, 0.2) is 35.1 Å². The average molecular weight is 382 g/mol. The lowest BCUT2D eigenvalue weighted by Gasteiger charge is -2.19. The first-order valence-corrected chi connectivity index (χ1v) is 9.11. The van der Waals surface area contributed by atoms with Crippen molar-refractivity contribution in [3.63, 3.8) is 0 Å². The number of methoxy groups -OCH3 is 1. The molecular weight excluding hydrogens is 360 g/mol. The second-order valence-corrected chi connectivity index (χ2v) is 6.66. The largest absolute Gasteiger partial charge is 0.381 e. The molecule has 1 unspecified atom stereocenters. The van der Waals surface area contributed by atoms with Crippen LogP contribution in [0.3, 0.4) is 0 Å². The first-order valence-electron chi connectivity index (χ1n) is 9.11. The van der Waals surface area contributed by atoms with Gasteiger partial charge in [-0.25, -0.2) is 9.97 Å². The Balaban J connectivity index is 1.54. The molecule has 146 valence electrons. The predicted molar refractivity (Wildman–Crippen MR) is 101 cm³/mol. The molecule has 1 saturated heterocycles. The van der Waals surface area contributed by atoms with Crippen molar-refractivity contribution in [3.8, 4) is 11.4 Å². The number of aromatic nitrogens is 5. The minimum Gasteiger partial charge on any atom is -0.381 e. The van der Waals surface area contributed by atoms with Gasteiger partial charge >= 0.3 is 0 Å². The molecule has 1 fully saturated rings. The molecule has 28 heavy (non-hydrogen) atoms. The van der Waals surface area contributed by atoms with E-state index in [0.29, 0.717) is 37.3 Å². The summed E-state index contributed by atoms with van der Waals surface area (Å²) in [6, 6.07) is 5.68. The molecule has 1 aliphatic heterocycles. The molecule has 0 saturated carbocycles. The maximum atomic E-state index is 5.51. The number of anilines is 1. The third-order valence-electron chi connectivity index (χ3n) is 4.57. The van der Waals surface area contributed by atoms with E-state index in [-0.39, 0.29) is 5.92 Å². The second-order valence-electron chi connectivity index (χ2n) is 6.66. The number of pyridine rings is 1. The highest BCUT2D eigenvalue weighted by molar-refractivity contribution is 5.52. The molecule has 1 aliphatic rings. The molecule has 0 spiro atoms. The van der Waals surface area contributed by atoms with Crippen LogP contribution < -0.4 is 4.90 Å². The minimum atomic E-state index is 0.285. The molecule has 4 rings (SSSR count). The number of hydrogen-bond acceptors (Lipinski definition) is 9. The molecular formula is C19H22N6O3. The number of hydrogen-bond donors (Lipinski definition) is 0. The van der Waals surface area contributed by atoms with Crippen molar-refractivity contribution in [3.05, 3.63) is 48.0 Å². The standard InChI is InChI=1S/C19H22N6O3/c1-25(10-18-23-19(24-28-18)13-3-6-20-7-4-13)17-9-15(14-5-8-27-11-14)21-16(22-17)12-26-2/h3-4,6-7,9,14H,5,8,10-12H2,1-2H3. The number of rotatable bonds is 7. The molecule has 4 heterocycles. The van der Waals surface area contributed by atoms with E-state index in [9.17, 15) is 0 Å². The van der Waals surface area contributed by atoms with Gasteiger partial charge in [0, 0.05) is 50.7 Å². The van der Waals surface area contributed by atoms with Crippen LogP contribution in [0.2, 0.25) is 0 Å². The third kappa shape index (κ3) is 4.15. The van der Waals surface area contributed by atoms with Gasteiger partial charge in [-0.05, 0) is 18.6 Å². The van der Waals surface area contributed by atoms with E-state index in [4.69, 9.17) is 14.0 Å². The summed E-state index contributed by atoms with van der Waals surface area (Å²) in [6.45, 7) is 2.24. The highest BCUT2D eigenvalue weighted by Gasteiger charge is 2.22. The van der Waals surface area contributed by atoms with Gasteiger partial charge in [0.1, 0.15) is 12.4 Å². The quantitative estimate of drug-likeness (QED) is 0.609. The normalized spacial score (nSPS) is 16.4.